The molecule has 0 spiro atoms. The molecule has 0 fully saturated rings. The number of anilines is 1. The lowest BCUT2D eigenvalue weighted by molar-refractivity contribution is -0.114. The Kier molecular flexibility index (Phi) is 4.43. The summed E-state index contributed by atoms with van der Waals surface area (Å²) in [5.74, 6) is 1.12. The Bertz CT molecular complexity index is 904. The van der Waals surface area contributed by atoms with Crippen LogP contribution >= 0.6 is 11.8 Å². The molecule has 2 N–H and O–H groups in total. The second-order valence-electron chi connectivity index (χ2n) is 5.02. The summed E-state index contributed by atoms with van der Waals surface area (Å²) in [4.78, 5) is 31.3. The van der Waals surface area contributed by atoms with E-state index < -0.39 is 0 Å². The fraction of sp³-hybridized carbons (Fsp3) is 0.118. The van der Waals surface area contributed by atoms with Gasteiger partial charge in [0.1, 0.15) is 5.82 Å². The van der Waals surface area contributed by atoms with Gasteiger partial charge in [0.05, 0.1) is 16.7 Å². The summed E-state index contributed by atoms with van der Waals surface area (Å²) in [6, 6.07) is 14.8. The summed E-state index contributed by atoms with van der Waals surface area (Å²) in [6.07, 6.45) is 0. The van der Waals surface area contributed by atoms with E-state index in [0.717, 1.165) is 10.6 Å². The number of carbonyl (C=O) groups excluding carboxylic acids is 1. The molecule has 23 heavy (non-hydrogen) atoms. The second-order valence-corrected chi connectivity index (χ2v) is 6.07. The standard InChI is InChI=1S/C17H15N3O2S/c1-11(21)18-12-6-8-13(9-7-12)23-10-16-19-15-5-3-2-4-14(15)17(22)20-16/h2-9H,10H2,1H3,(H,18,21)(H,19,20,22). The zero-order valence-electron chi connectivity index (χ0n) is 12.5. The zero-order chi connectivity index (χ0) is 16.2. The number of amides is 1. The SMILES string of the molecule is CC(=O)Nc1ccc(SCc2nc3ccccc3c(=O)[nH]2)cc1. The highest BCUT2D eigenvalue weighted by Crippen LogP contribution is 2.23. The molecule has 0 radical (unpaired) electrons. The van der Waals surface area contributed by atoms with Gasteiger partial charge in [0.15, 0.2) is 0 Å². The van der Waals surface area contributed by atoms with Crippen molar-refractivity contribution in [1.29, 1.82) is 0 Å². The maximum Gasteiger partial charge on any atom is 0.258 e. The molecule has 0 atom stereocenters. The number of hydrogen-bond donors (Lipinski definition) is 2. The number of benzene rings is 2. The monoisotopic (exact) mass is 325 g/mol. The molecule has 0 aliphatic heterocycles. The van der Waals surface area contributed by atoms with Gasteiger partial charge in [0.25, 0.3) is 5.56 Å². The van der Waals surface area contributed by atoms with Gasteiger partial charge in [-0.05, 0) is 36.4 Å². The van der Waals surface area contributed by atoms with E-state index in [-0.39, 0.29) is 11.5 Å². The lowest BCUT2D eigenvalue weighted by Gasteiger charge is -2.05. The van der Waals surface area contributed by atoms with Crippen LogP contribution in [0.1, 0.15) is 12.7 Å². The van der Waals surface area contributed by atoms with E-state index in [1.165, 1.54) is 6.92 Å². The summed E-state index contributed by atoms with van der Waals surface area (Å²) >= 11 is 1.57. The van der Waals surface area contributed by atoms with Gasteiger partial charge in [0, 0.05) is 17.5 Å². The molecule has 0 aliphatic carbocycles. The van der Waals surface area contributed by atoms with Gasteiger partial charge in [-0.1, -0.05) is 12.1 Å². The number of nitrogens with zero attached hydrogens (tertiary/aromatic N) is 1. The van der Waals surface area contributed by atoms with Crippen LogP contribution in [-0.4, -0.2) is 15.9 Å². The predicted molar refractivity (Wildman–Crippen MR) is 92.7 cm³/mol. The first-order valence-electron chi connectivity index (χ1n) is 7.10. The first-order chi connectivity index (χ1) is 11.1. The Morgan fingerprint density at radius 2 is 1.91 bits per heavy atom. The van der Waals surface area contributed by atoms with Gasteiger partial charge in [-0.3, -0.25) is 9.59 Å². The number of rotatable bonds is 4. The molecule has 1 heterocycles. The van der Waals surface area contributed by atoms with Crippen LogP contribution in [0.25, 0.3) is 10.9 Å². The Morgan fingerprint density at radius 3 is 2.65 bits per heavy atom. The van der Waals surface area contributed by atoms with Gasteiger partial charge in [0.2, 0.25) is 5.91 Å². The predicted octanol–water partition coefficient (Wildman–Crippen LogP) is 3.17. The topological polar surface area (TPSA) is 74.8 Å². The molecule has 3 aromatic rings. The number of para-hydroxylation sites is 1. The Balaban J connectivity index is 1.73. The van der Waals surface area contributed by atoms with Gasteiger partial charge < -0.3 is 10.3 Å². The number of fused-ring (bicyclic) bond motifs is 1. The highest BCUT2D eigenvalue weighted by molar-refractivity contribution is 7.98. The van der Waals surface area contributed by atoms with Gasteiger partial charge in [-0.2, -0.15) is 0 Å². The van der Waals surface area contributed by atoms with E-state index in [0.29, 0.717) is 22.5 Å². The molecule has 0 saturated carbocycles. The Labute approximate surface area is 137 Å². The highest BCUT2D eigenvalue weighted by Gasteiger charge is 2.04. The van der Waals surface area contributed by atoms with E-state index in [1.54, 1.807) is 17.8 Å². The summed E-state index contributed by atoms with van der Waals surface area (Å²) in [5, 5.41) is 3.32. The molecule has 0 saturated heterocycles. The largest absolute Gasteiger partial charge is 0.326 e. The Hall–Kier alpha value is -2.60. The average molecular weight is 325 g/mol. The highest BCUT2D eigenvalue weighted by atomic mass is 32.2. The van der Waals surface area contributed by atoms with Crippen molar-refractivity contribution in [1.82, 2.24) is 9.97 Å². The summed E-state index contributed by atoms with van der Waals surface area (Å²) in [5.41, 5.74) is 1.35. The van der Waals surface area contributed by atoms with E-state index >= 15 is 0 Å². The van der Waals surface area contributed by atoms with Crippen molar-refractivity contribution in [2.24, 2.45) is 0 Å². The van der Waals surface area contributed by atoms with Crippen molar-refractivity contribution in [3.05, 3.63) is 64.7 Å². The van der Waals surface area contributed by atoms with Crippen molar-refractivity contribution in [3.8, 4) is 0 Å². The molecule has 5 nitrogen and oxygen atoms in total. The van der Waals surface area contributed by atoms with Crippen LogP contribution in [0.2, 0.25) is 0 Å². The first kappa shape index (κ1) is 15.3. The minimum atomic E-state index is -0.118. The van der Waals surface area contributed by atoms with E-state index in [2.05, 4.69) is 15.3 Å². The third-order valence-electron chi connectivity index (χ3n) is 3.21. The molecule has 1 amide bonds. The van der Waals surface area contributed by atoms with E-state index in [1.807, 2.05) is 42.5 Å². The number of H-pyrrole nitrogens is 1. The maximum absolute atomic E-state index is 12.0. The zero-order valence-corrected chi connectivity index (χ0v) is 13.3. The van der Waals surface area contributed by atoms with Crippen LogP contribution in [0, 0.1) is 0 Å². The van der Waals surface area contributed by atoms with Crippen molar-refractivity contribution < 1.29 is 4.79 Å². The molecule has 0 bridgehead atoms. The quantitative estimate of drug-likeness (QED) is 0.723. The Morgan fingerprint density at radius 1 is 1.17 bits per heavy atom. The number of aromatic nitrogens is 2. The number of aromatic amines is 1. The third-order valence-corrected chi connectivity index (χ3v) is 4.24. The molecule has 116 valence electrons. The van der Waals surface area contributed by atoms with Crippen LogP contribution in [0.5, 0.6) is 0 Å². The van der Waals surface area contributed by atoms with Gasteiger partial charge in [-0.15, -0.1) is 11.8 Å². The molecule has 3 rings (SSSR count). The van der Waals surface area contributed by atoms with Gasteiger partial charge >= 0.3 is 0 Å². The van der Waals surface area contributed by atoms with Crippen LogP contribution in [0.3, 0.4) is 0 Å². The van der Waals surface area contributed by atoms with E-state index in [4.69, 9.17) is 0 Å². The van der Waals surface area contributed by atoms with Crippen molar-refractivity contribution in [2.45, 2.75) is 17.6 Å². The fourth-order valence-corrected chi connectivity index (χ4v) is 2.96. The van der Waals surface area contributed by atoms with Crippen LogP contribution in [-0.2, 0) is 10.5 Å². The van der Waals surface area contributed by atoms with Gasteiger partial charge in [-0.25, -0.2) is 4.98 Å². The second kappa shape index (κ2) is 6.66. The summed E-state index contributed by atoms with van der Waals surface area (Å²) < 4.78 is 0. The molecule has 1 aromatic heterocycles. The first-order valence-corrected chi connectivity index (χ1v) is 8.09. The normalized spacial score (nSPS) is 10.7. The fourth-order valence-electron chi connectivity index (χ4n) is 2.19. The third kappa shape index (κ3) is 3.78. The van der Waals surface area contributed by atoms with Crippen LogP contribution in [0.15, 0.2) is 58.2 Å². The minimum absolute atomic E-state index is 0.0941. The lowest BCUT2D eigenvalue weighted by atomic mass is 10.2. The minimum Gasteiger partial charge on any atom is -0.326 e. The van der Waals surface area contributed by atoms with Crippen molar-refractivity contribution in [2.75, 3.05) is 5.32 Å². The van der Waals surface area contributed by atoms with Crippen molar-refractivity contribution in [3.63, 3.8) is 0 Å². The summed E-state index contributed by atoms with van der Waals surface area (Å²) in [7, 11) is 0. The molecular formula is C17H15N3O2S. The molecular weight excluding hydrogens is 310 g/mol. The van der Waals surface area contributed by atoms with Crippen molar-refractivity contribution >= 4 is 34.3 Å². The number of carbonyl (C=O) groups is 1. The lowest BCUT2D eigenvalue weighted by Crippen LogP contribution is -2.11. The van der Waals surface area contributed by atoms with Crippen LogP contribution in [0.4, 0.5) is 5.69 Å². The molecule has 6 heteroatoms. The summed E-state index contributed by atoms with van der Waals surface area (Å²) in [6.45, 7) is 1.48. The number of thioether (sulfide) groups is 1. The maximum atomic E-state index is 12.0. The number of nitrogens with one attached hydrogen (secondary N) is 2. The average Bonchev–Trinajstić information content (AvgIpc) is 2.54. The van der Waals surface area contributed by atoms with Crippen LogP contribution < -0.4 is 10.9 Å². The van der Waals surface area contributed by atoms with E-state index in [9.17, 15) is 9.59 Å². The molecule has 0 aliphatic rings. The molecule has 2 aromatic carbocycles. The molecule has 0 unspecified atom stereocenters. The smallest absolute Gasteiger partial charge is 0.258 e. The number of hydrogen-bond acceptors (Lipinski definition) is 4.